The average Bonchev–Trinajstić information content (AvgIpc) is 3.43. The number of ether oxygens (including phenoxy) is 3. The summed E-state index contributed by atoms with van der Waals surface area (Å²) in [5.74, 6) is -2.11. The van der Waals surface area contributed by atoms with Gasteiger partial charge in [0.25, 0.3) is 0 Å². The number of alkyl halides is 3. The second-order valence-corrected chi connectivity index (χ2v) is 14.7. The van der Waals surface area contributed by atoms with Crippen molar-refractivity contribution in [3.05, 3.63) is 30.2 Å². The van der Waals surface area contributed by atoms with Gasteiger partial charge in [-0.05, 0) is 57.2 Å². The number of methoxy groups -OCH3 is 1. The topological polar surface area (TPSA) is 153 Å². The molecule has 4 N–H and O–H groups in total. The Kier molecular flexibility index (Phi) is 17.2. The van der Waals surface area contributed by atoms with E-state index in [1.807, 2.05) is 5.32 Å². The predicted molar refractivity (Wildman–Crippen MR) is 189 cm³/mol. The Morgan fingerprint density at radius 3 is 2.04 bits per heavy atom. The predicted octanol–water partition coefficient (Wildman–Crippen LogP) is 8.71. The molecule has 3 amide bonds. The number of alkyl carbamates (subject to hydrolysis) is 1. The van der Waals surface area contributed by atoms with E-state index in [0.29, 0.717) is 12.0 Å². The third kappa shape index (κ3) is 16.8. The summed E-state index contributed by atoms with van der Waals surface area (Å²) in [4.78, 5) is 40.8. The van der Waals surface area contributed by atoms with Crippen LogP contribution in [0.15, 0.2) is 24.4 Å². The molecule has 12 nitrogen and oxygen atoms in total. The standard InChI is InChI=1S/C36H56F3N5O7/c1-34(2,3)19-15-13-11-9-8-10-12-14-16-20-50-24-44-22-28(41-30(44)29(23-45)43-33(48)51-35(4,5)6)26-18-17-25(40-32(47)49-7)21-27(26)42-31(46)36(37,38)39/h17-18,21-22,29,45H,8-16,19-20,23-24H2,1-7H3,(H,40,47)(H,42,46)(H,43,48)/t29-/m0/s1. The number of hydrogen-bond acceptors (Lipinski definition) is 8. The maximum atomic E-state index is 13.3. The second-order valence-electron chi connectivity index (χ2n) is 14.7. The summed E-state index contributed by atoms with van der Waals surface area (Å²) in [7, 11) is 1.12. The third-order valence-corrected chi connectivity index (χ3v) is 7.67. The summed E-state index contributed by atoms with van der Waals surface area (Å²) in [6.07, 6.45) is 6.12. The quantitative estimate of drug-likeness (QED) is 0.105. The van der Waals surface area contributed by atoms with E-state index in [1.54, 1.807) is 20.8 Å². The number of carbonyl (C=O) groups excluding carboxylic acids is 3. The van der Waals surface area contributed by atoms with Gasteiger partial charge in [0.05, 0.1) is 25.1 Å². The highest BCUT2D eigenvalue weighted by Gasteiger charge is 2.39. The number of halogens is 3. The van der Waals surface area contributed by atoms with Crippen LogP contribution in [-0.2, 0) is 25.7 Å². The Hall–Kier alpha value is -3.85. The maximum absolute atomic E-state index is 13.3. The molecule has 0 radical (unpaired) electrons. The van der Waals surface area contributed by atoms with Crippen molar-refractivity contribution in [2.24, 2.45) is 5.41 Å². The van der Waals surface area contributed by atoms with Gasteiger partial charge in [-0.1, -0.05) is 72.1 Å². The van der Waals surface area contributed by atoms with Gasteiger partial charge in [-0.15, -0.1) is 0 Å². The minimum Gasteiger partial charge on any atom is -0.453 e. The van der Waals surface area contributed by atoms with Gasteiger partial charge in [0.2, 0.25) is 0 Å². The number of benzene rings is 1. The first-order valence-electron chi connectivity index (χ1n) is 17.5. The third-order valence-electron chi connectivity index (χ3n) is 7.67. The fourth-order valence-corrected chi connectivity index (χ4v) is 5.15. The van der Waals surface area contributed by atoms with E-state index in [-0.39, 0.29) is 35.2 Å². The number of aromatic nitrogens is 2. The first-order valence-corrected chi connectivity index (χ1v) is 17.5. The normalized spacial score (nSPS) is 12.7. The number of anilines is 2. The molecule has 2 rings (SSSR count). The van der Waals surface area contributed by atoms with Crippen molar-refractivity contribution in [1.82, 2.24) is 14.9 Å². The molecule has 15 heteroatoms. The number of hydrogen-bond donors (Lipinski definition) is 4. The lowest BCUT2D eigenvalue weighted by Crippen LogP contribution is -2.37. The van der Waals surface area contributed by atoms with E-state index in [2.05, 4.69) is 41.1 Å². The van der Waals surface area contributed by atoms with Crippen LogP contribution in [-0.4, -0.2) is 64.9 Å². The number of aliphatic hydroxyl groups is 1. The molecule has 0 spiro atoms. The molecular weight excluding hydrogens is 671 g/mol. The molecule has 1 heterocycles. The molecule has 0 bridgehead atoms. The van der Waals surface area contributed by atoms with Crippen molar-refractivity contribution >= 4 is 29.5 Å². The monoisotopic (exact) mass is 727 g/mol. The van der Waals surface area contributed by atoms with Crippen LogP contribution < -0.4 is 16.0 Å². The van der Waals surface area contributed by atoms with E-state index in [0.717, 1.165) is 38.9 Å². The number of unbranched alkanes of at least 4 members (excludes halogenated alkanes) is 8. The maximum Gasteiger partial charge on any atom is 0.471 e. The van der Waals surface area contributed by atoms with Crippen LogP contribution in [0.5, 0.6) is 0 Å². The minimum atomic E-state index is -5.20. The van der Waals surface area contributed by atoms with E-state index in [9.17, 15) is 32.7 Å². The lowest BCUT2D eigenvalue weighted by Gasteiger charge is -2.23. The highest BCUT2D eigenvalue weighted by atomic mass is 19.4. The second kappa shape index (κ2) is 20.3. The number of nitrogens with one attached hydrogen (secondary N) is 3. The molecule has 0 aliphatic heterocycles. The Balaban J connectivity index is 2.19. The number of nitrogens with zero attached hydrogens (tertiary/aromatic N) is 2. The molecular formula is C36H56F3N5O7. The van der Waals surface area contributed by atoms with Gasteiger partial charge >= 0.3 is 24.3 Å². The zero-order valence-electron chi connectivity index (χ0n) is 31.0. The summed E-state index contributed by atoms with van der Waals surface area (Å²) in [5.41, 5.74) is -0.548. The minimum absolute atomic E-state index is 0.0435. The lowest BCUT2D eigenvalue weighted by atomic mass is 9.89. The summed E-state index contributed by atoms with van der Waals surface area (Å²) in [6.45, 7) is 11.6. The summed E-state index contributed by atoms with van der Waals surface area (Å²) in [5, 5.41) is 17.0. The molecule has 0 saturated heterocycles. The lowest BCUT2D eigenvalue weighted by molar-refractivity contribution is -0.167. The van der Waals surface area contributed by atoms with Gasteiger partial charge in [-0.2, -0.15) is 13.2 Å². The van der Waals surface area contributed by atoms with Gasteiger partial charge in [0.15, 0.2) is 0 Å². The molecule has 0 saturated carbocycles. The van der Waals surface area contributed by atoms with E-state index in [1.165, 1.54) is 61.4 Å². The Morgan fingerprint density at radius 1 is 0.882 bits per heavy atom. The Morgan fingerprint density at radius 2 is 1.49 bits per heavy atom. The van der Waals surface area contributed by atoms with E-state index < -0.39 is 42.5 Å². The van der Waals surface area contributed by atoms with Crippen LogP contribution in [0, 0.1) is 5.41 Å². The number of carbonyl (C=O) groups is 3. The van der Waals surface area contributed by atoms with Crippen molar-refractivity contribution in [3.63, 3.8) is 0 Å². The molecule has 0 fully saturated rings. The summed E-state index contributed by atoms with van der Waals surface area (Å²) in [6, 6.07) is 2.79. The zero-order chi connectivity index (χ0) is 38.2. The van der Waals surface area contributed by atoms with Gasteiger partial charge in [0, 0.05) is 24.1 Å². The number of aliphatic hydroxyl groups excluding tert-OH is 1. The van der Waals surface area contributed by atoms with Crippen LogP contribution in [0.4, 0.5) is 34.1 Å². The molecule has 0 aliphatic carbocycles. The van der Waals surface area contributed by atoms with Crippen LogP contribution in [0.2, 0.25) is 0 Å². The molecule has 1 aromatic heterocycles. The zero-order valence-corrected chi connectivity index (χ0v) is 31.0. The molecule has 0 aliphatic rings. The smallest absolute Gasteiger partial charge is 0.453 e. The van der Waals surface area contributed by atoms with E-state index >= 15 is 0 Å². The van der Waals surface area contributed by atoms with Gasteiger partial charge in [-0.25, -0.2) is 14.6 Å². The number of rotatable bonds is 19. The van der Waals surface area contributed by atoms with Crippen molar-refractivity contribution in [3.8, 4) is 11.3 Å². The fourth-order valence-electron chi connectivity index (χ4n) is 5.15. The number of imidazole rings is 1. The van der Waals surface area contributed by atoms with Crippen molar-refractivity contribution < 1.29 is 46.9 Å². The molecule has 0 unspecified atom stereocenters. The van der Waals surface area contributed by atoms with Crippen molar-refractivity contribution in [2.45, 2.75) is 130 Å². The summed E-state index contributed by atoms with van der Waals surface area (Å²) >= 11 is 0. The first kappa shape index (κ1) is 43.3. The van der Waals surface area contributed by atoms with Crippen LogP contribution in [0.3, 0.4) is 0 Å². The first-order chi connectivity index (χ1) is 23.8. The van der Waals surface area contributed by atoms with Gasteiger partial charge < -0.3 is 34.5 Å². The highest BCUT2D eigenvalue weighted by Crippen LogP contribution is 2.33. The largest absolute Gasteiger partial charge is 0.471 e. The molecule has 1 aromatic carbocycles. The average molecular weight is 728 g/mol. The summed E-state index contributed by atoms with van der Waals surface area (Å²) < 4.78 is 57.1. The van der Waals surface area contributed by atoms with Gasteiger partial charge in [-0.3, -0.25) is 10.1 Å². The molecule has 2 aromatic rings. The van der Waals surface area contributed by atoms with E-state index in [4.69, 9.17) is 9.47 Å². The Bertz CT molecular complexity index is 1400. The highest BCUT2D eigenvalue weighted by molar-refractivity contribution is 5.99. The van der Waals surface area contributed by atoms with Gasteiger partial charge in [0.1, 0.15) is 24.2 Å². The number of amides is 3. The van der Waals surface area contributed by atoms with Crippen LogP contribution in [0.1, 0.15) is 118 Å². The Labute approximate surface area is 299 Å². The van der Waals surface area contributed by atoms with Crippen molar-refractivity contribution in [2.75, 3.05) is 31.0 Å². The molecule has 288 valence electrons. The molecule has 51 heavy (non-hydrogen) atoms. The molecule has 1 atom stereocenters. The SMILES string of the molecule is COC(=O)Nc1ccc(-c2cn(COCCCCCCCCCCCC(C)(C)C)c([C@H](CO)NC(=O)OC(C)(C)C)n2)c(NC(=O)C(F)(F)F)c1. The van der Waals surface area contributed by atoms with Crippen LogP contribution in [0.25, 0.3) is 11.3 Å². The van der Waals surface area contributed by atoms with Crippen molar-refractivity contribution in [1.29, 1.82) is 0 Å². The fraction of sp³-hybridized carbons (Fsp3) is 0.667. The van der Waals surface area contributed by atoms with Crippen LogP contribution >= 0.6 is 0 Å².